The molecule has 0 bridgehead atoms. The first-order valence-electron chi connectivity index (χ1n) is 39.0. The Labute approximate surface area is 654 Å². The molecule has 112 heavy (non-hydrogen) atoms. The van der Waals surface area contributed by atoms with E-state index in [9.17, 15) is 0 Å². The van der Waals surface area contributed by atoms with E-state index in [4.69, 9.17) is 0 Å². The summed E-state index contributed by atoms with van der Waals surface area (Å²) in [5.41, 5.74) is 20.8. The van der Waals surface area contributed by atoms with Gasteiger partial charge in [-0.25, -0.2) is 0 Å². The molecule has 22 aromatic rings. The van der Waals surface area contributed by atoms with Crippen LogP contribution in [0.1, 0.15) is 22.3 Å². The quantitative estimate of drug-likeness (QED) is 0.146. The summed E-state index contributed by atoms with van der Waals surface area (Å²) in [6.45, 7) is 8.68. The molecule has 0 saturated carbocycles. The van der Waals surface area contributed by atoms with Crippen LogP contribution in [0.2, 0.25) is 0 Å². The van der Waals surface area contributed by atoms with Gasteiger partial charge in [0.1, 0.15) is 0 Å². The molecule has 0 aliphatic carbocycles. The van der Waals surface area contributed by atoms with Gasteiger partial charge in [0.25, 0.3) is 0 Å². The summed E-state index contributed by atoms with van der Waals surface area (Å²) in [4.78, 5) is 0. The number of aryl methyl sites for hydroxylation is 4. The lowest BCUT2D eigenvalue weighted by Gasteiger charge is -2.19. The molecule has 528 valence electrons. The summed E-state index contributed by atoms with van der Waals surface area (Å²) in [7, 11) is 0. The van der Waals surface area contributed by atoms with Gasteiger partial charge in [-0.3, -0.25) is 0 Å². The van der Waals surface area contributed by atoms with Gasteiger partial charge in [-0.2, -0.15) is 0 Å². The molecule has 0 radical (unpaired) electrons. The second kappa shape index (κ2) is 29.5. The highest BCUT2D eigenvalue weighted by Crippen LogP contribution is 2.48. The van der Waals surface area contributed by atoms with Crippen LogP contribution < -0.4 is 0 Å². The summed E-state index contributed by atoms with van der Waals surface area (Å²) in [5.74, 6) is 0. The molecular weight excluding hydrogens is 1350 g/mol. The Balaban J connectivity index is 0.000000101. The first-order chi connectivity index (χ1) is 55.2. The fourth-order valence-corrected chi connectivity index (χ4v) is 17.7. The van der Waals surface area contributed by atoms with Crippen molar-refractivity contribution in [1.82, 2.24) is 0 Å². The first kappa shape index (κ1) is 68.5. The monoisotopic (exact) mass is 1420 g/mol. The fraction of sp³-hybridized carbons (Fsp3) is 0.0357. The van der Waals surface area contributed by atoms with Gasteiger partial charge < -0.3 is 0 Å². The van der Waals surface area contributed by atoms with E-state index in [0.717, 1.165) is 0 Å². The summed E-state index contributed by atoms with van der Waals surface area (Å²) in [6, 6.07) is 150. The van der Waals surface area contributed by atoms with Crippen LogP contribution in [-0.4, -0.2) is 0 Å². The zero-order valence-corrected chi connectivity index (χ0v) is 63.3. The topological polar surface area (TPSA) is 0 Å². The molecule has 0 atom stereocenters. The second-order valence-electron chi connectivity index (χ2n) is 29.9. The average Bonchev–Trinajstić information content (AvgIpc) is 0.733. The van der Waals surface area contributed by atoms with Gasteiger partial charge in [-0.05, 0) is 259 Å². The molecule has 0 spiro atoms. The molecule has 0 amide bonds. The molecule has 22 rings (SSSR count). The highest BCUT2D eigenvalue weighted by molar-refractivity contribution is 6.25. The van der Waals surface area contributed by atoms with Crippen LogP contribution in [0.5, 0.6) is 0 Å². The maximum absolute atomic E-state index is 2.34. The summed E-state index contributed by atoms with van der Waals surface area (Å²) < 4.78 is 0. The van der Waals surface area contributed by atoms with Crippen molar-refractivity contribution in [1.29, 1.82) is 0 Å². The fourth-order valence-electron chi connectivity index (χ4n) is 17.7. The van der Waals surface area contributed by atoms with Gasteiger partial charge in [0.15, 0.2) is 0 Å². The molecule has 0 saturated heterocycles. The lowest BCUT2D eigenvalue weighted by molar-refractivity contribution is 1.51. The maximum atomic E-state index is 2.34. The molecule has 0 aromatic heterocycles. The Morgan fingerprint density at radius 1 is 0.125 bits per heavy atom. The Morgan fingerprint density at radius 2 is 0.366 bits per heavy atom. The molecule has 0 N–H and O–H groups in total. The minimum Gasteiger partial charge on any atom is -0.0622 e. The normalized spacial score (nSPS) is 11.4. The third-order valence-corrected chi connectivity index (χ3v) is 22.9. The third-order valence-electron chi connectivity index (χ3n) is 22.9. The summed E-state index contributed by atoms with van der Waals surface area (Å²) >= 11 is 0. The third kappa shape index (κ3) is 12.6. The van der Waals surface area contributed by atoms with E-state index in [1.165, 1.54) is 218 Å². The number of hydrogen-bond donors (Lipinski definition) is 0. The SMILES string of the molecule is Cc1ccc2cc(-c3c4ccccc4c(-c4ccccc4)c4ccccc34)ccc2c1.Cc1ccc2cc(-c3c4ccccc4cc4ccccc34)ccc2c1.Cc1cccc2c(-c3c4ccccc4c(-c4ccccc4)c4ccccc34)cccc12.Cc1cccc2c(-c3c4ccccc4cc4ccccc34)cccc12. The minimum absolute atomic E-state index is 1.26. The van der Waals surface area contributed by atoms with Crippen molar-refractivity contribution in [3.8, 4) is 66.8 Å². The summed E-state index contributed by atoms with van der Waals surface area (Å²) in [5, 5.41) is 31.3. The van der Waals surface area contributed by atoms with Crippen LogP contribution in [0, 0.1) is 27.7 Å². The van der Waals surface area contributed by atoms with E-state index < -0.39 is 0 Å². The Hall–Kier alpha value is -14.0. The van der Waals surface area contributed by atoms with Gasteiger partial charge >= 0.3 is 0 Å². The first-order valence-corrected chi connectivity index (χ1v) is 39.0. The minimum atomic E-state index is 1.26. The van der Waals surface area contributed by atoms with Gasteiger partial charge in [0, 0.05) is 0 Å². The number of rotatable bonds is 6. The van der Waals surface area contributed by atoms with Crippen LogP contribution in [0.3, 0.4) is 0 Å². The summed E-state index contributed by atoms with van der Waals surface area (Å²) in [6.07, 6.45) is 0. The van der Waals surface area contributed by atoms with Gasteiger partial charge in [-0.1, -0.05) is 399 Å². The van der Waals surface area contributed by atoms with Crippen molar-refractivity contribution in [3.63, 3.8) is 0 Å². The van der Waals surface area contributed by atoms with Gasteiger partial charge in [0.2, 0.25) is 0 Å². The predicted octanol–water partition coefficient (Wildman–Crippen LogP) is 31.8. The van der Waals surface area contributed by atoms with Crippen molar-refractivity contribution in [2.45, 2.75) is 27.7 Å². The number of fused-ring (bicyclic) bond motifs is 12. The largest absolute Gasteiger partial charge is 0.0622 e. The van der Waals surface area contributed by atoms with Crippen LogP contribution >= 0.6 is 0 Å². The Morgan fingerprint density at radius 3 is 0.723 bits per heavy atom. The molecule has 22 aromatic carbocycles. The van der Waals surface area contributed by atoms with Gasteiger partial charge in [0.05, 0.1) is 0 Å². The maximum Gasteiger partial charge on any atom is -0.00201 e. The van der Waals surface area contributed by atoms with E-state index in [1.54, 1.807) is 0 Å². The smallest absolute Gasteiger partial charge is 0.00201 e. The zero-order chi connectivity index (χ0) is 75.2. The highest BCUT2D eigenvalue weighted by Gasteiger charge is 2.21. The molecule has 0 unspecified atom stereocenters. The van der Waals surface area contributed by atoms with E-state index in [1.807, 2.05) is 0 Å². The molecule has 0 fully saturated rings. The van der Waals surface area contributed by atoms with Crippen LogP contribution in [-0.2, 0) is 0 Å². The number of benzene rings is 22. The average molecular weight is 1430 g/mol. The Kier molecular flexibility index (Phi) is 18.0. The zero-order valence-electron chi connectivity index (χ0n) is 63.3. The van der Waals surface area contributed by atoms with E-state index in [-0.39, 0.29) is 0 Å². The van der Waals surface area contributed by atoms with E-state index in [0.29, 0.717) is 0 Å². The van der Waals surface area contributed by atoms with E-state index >= 15 is 0 Å². The van der Waals surface area contributed by atoms with E-state index in [2.05, 4.69) is 440 Å². The molecule has 0 aliphatic rings. The standard InChI is InChI=1S/2C31H22.2C25H18/c1-21-11-9-19-24-23(21)18-10-20-25(24)31-28-16-7-5-14-26(28)30(22-12-3-2-4-13-22)27-15-6-8-17-29(27)31;1-21-15-16-24-20-25(18-17-23(24)19-21)31-28-13-7-5-11-26(28)30(22-9-3-2-4-10-22)27-12-6-8-14-29(27)31;1-17-8-6-14-23-20(17)13-7-15-24(23)25-21-11-4-2-9-18(21)16-19-10-3-5-12-22(19)25;1-17-10-11-19-15-22(13-12-18(19)14-17)25-23-8-4-2-6-20(23)16-21-7-3-5-9-24(21)25/h2*2-20H,1H3;2*2-16H,1H3. The molecule has 0 heterocycles. The van der Waals surface area contributed by atoms with Crippen LogP contribution in [0.25, 0.3) is 196 Å². The number of hydrogen-bond acceptors (Lipinski definition) is 0. The molecule has 0 aliphatic heterocycles. The van der Waals surface area contributed by atoms with Crippen molar-refractivity contribution in [2.75, 3.05) is 0 Å². The molecule has 0 nitrogen and oxygen atoms in total. The highest BCUT2D eigenvalue weighted by atomic mass is 14.2. The van der Waals surface area contributed by atoms with Crippen molar-refractivity contribution >= 4 is 129 Å². The predicted molar refractivity (Wildman–Crippen MR) is 487 cm³/mol. The second-order valence-corrected chi connectivity index (χ2v) is 29.9. The lowest BCUT2D eigenvalue weighted by atomic mass is 9.84. The Bertz CT molecular complexity index is 7180. The molecule has 0 heteroatoms. The van der Waals surface area contributed by atoms with Crippen molar-refractivity contribution in [2.24, 2.45) is 0 Å². The van der Waals surface area contributed by atoms with Crippen molar-refractivity contribution in [3.05, 3.63) is 435 Å². The molecular formula is C112H80. The van der Waals surface area contributed by atoms with Crippen molar-refractivity contribution < 1.29 is 0 Å². The van der Waals surface area contributed by atoms with Gasteiger partial charge in [-0.15, -0.1) is 0 Å². The van der Waals surface area contributed by atoms with Crippen LogP contribution in [0.15, 0.2) is 413 Å². The van der Waals surface area contributed by atoms with Crippen LogP contribution in [0.4, 0.5) is 0 Å². The lowest BCUT2D eigenvalue weighted by Crippen LogP contribution is -1.91.